The molecule has 0 unspecified atom stereocenters. The maximum Gasteiger partial charge on any atom is 0.119 e. The number of aryl methyl sites for hydroxylation is 1. The van der Waals surface area contributed by atoms with E-state index in [1.165, 1.54) is 0 Å². The normalized spacial score (nSPS) is 11.0. The number of phenolic OH excluding ortho intramolecular Hbond substituents is 2. The summed E-state index contributed by atoms with van der Waals surface area (Å²) in [7, 11) is 0. The van der Waals surface area contributed by atoms with E-state index in [-0.39, 0.29) is 11.7 Å². The Bertz CT molecular complexity index is 618. The van der Waals surface area contributed by atoms with Crippen LogP contribution in [0.4, 0.5) is 0 Å². The Morgan fingerprint density at radius 1 is 1.00 bits per heavy atom. The van der Waals surface area contributed by atoms with Gasteiger partial charge in [-0.3, -0.25) is 0 Å². The van der Waals surface area contributed by atoms with Crippen LogP contribution in [0.5, 0.6) is 11.5 Å². The van der Waals surface area contributed by atoms with Crippen LogP contribution >= 0.6 is 15.9 Å². The van der Waals surface area contributed by atoms with E-state index >= 15 is 0 Å². The van der Waals surface area contributed by atoms with Crippen LogP contribution in [0.3, 0.4) is 0 Å². The molecule has 0 heterocycles. The van der Waals surface area contributed by atoms with Crippen molar-refractivity contribution in [3.8, 4) is 22.6 Å². The van der Waals surface area contributed by atoms with Gasteiger partial charge in [0.2, 0.25) is 0 Å². The Kier molecular flexibility index (Phi) is 3.85. The van der Waals surface area contributed by atoms with Gasteiger partial charge in [-0.1, -0.05) is 29.8 Å². The van der Waals surface area contributed by atoms with Gasteiger partial charge >= 0.3 is 0 Å². The van der Waals surface area contributed by atoms with Crippen molar-refractivity contribution in [2.75, 3.05) is 0 Å². The molecule has 0 atom stereocenters. The molecular weight excluding hydrogens is 304 g/mol. The highest BCUT2D eigenvalue weighted by atomic mass is 79.9. The highest BCUT2D eigenvalue weighted by Gasteiger charge is 2.13. The Morgan fingerprint density at radius 3 is 2.26 bits per heavy atom. The van der Waals surface area contributed by atoms with Crippen molar-refractivity contribution >= 4 is 15.9 Å². The number of rotatable bonds is 2. The minimum absolute atomic E-state index is 0.233. The molecule has 2 nitrogen and oxygen atoms in total. The van der Waals surface area contributed by atoms with Gasteiger partial charge in [-0.05, 0) is 65.4 Å². The summed E-state index contributed by atoms with van der Waals surface area (Å²) in [6.07, 6.45) is 0. The number of aromatic hydroxyl groups is 2. The number of hydrogen-bond donors (Lipinski definition) is 2. The van der Waals surface area contributed by atoms with Crippen molar-refractivity contribution in [2.24, 2.45) is 0 Å². The van der Waals surface area contributed by atoms with Gasteiger partial charge in [0.15, 0.2) is 0 Å². The molecule has 0 amide bonds. The fraction of sp³-hybridized carbons (Fsp3) is 0.250. The molecule has 100 valence electrons. The topological polar surface area (TPSA) is 40.5 Å². The summed E-state index contributed by atoms with van der Waals surface area (Å²) in [4.78, 5) is 0. The third-order valence-electron chi connectivity index (χ3n) is 3.24. The van der Waals surface area contributed by atoms with E-state index in [0.717, 1.165) is 26.7 Å². The maximum absolute atomic E-state index is 9.99. The molecule has 0 saturated heterocycles. The Hall–Kier alpha value is -1.48. The lowest BCUT2D eigenvalue weighted by atomic mass is 9.93. The summed E-state index contributed by atoms with van der Waals surface area (Å²) in [5.74, 6) is 0.831. The third-order valence-corrected chi connectivity index (χ3v) is 3.89. The van der Waals surface area contributed by atoms with Crippen LogP contribution in [0.1, 0.15) is 30.9 Å². The standard InChI is InChI=1S/C16H17BrO2/c1-9(2)13-8-14(10(3)6-16(13)19)12-5-4-11(18)7-15(12)17/h4-9,18-19H,1-3H3. The molecular formula is C16H17BrO2. The van der Waals surface area contributed by atoms with E-state index in [2.05, 4.69) is 29.8 Å². The van der Waals surface area contributed by atoms with Gasteiger partial charge in [0.1, 0.15) is 11.5 Å². The van der Waals surface area contributed by atoms with Crippen LogP contribution in [-0.2, 0) is 0 Å². The molecule has 0 fully saturated rings. The minimum Gasteiger partial charge on any atom is -0.508 e. The quantitative estimate of drug-likeness (QED) is 0.821. The summed E-state index contributed by atoms with van der Waals surface area (Å²) >= 11 is 3.48. The van der Waals surface area contributed by atoms with Crippen molar-refractivity contribution in [3.05, 3.63) is 45.9 Å². The van der Waals surface area contributed by atoms with E-state index in [0.29, 0.717) is 5.75 Å². The molecule has 0 spiro atoms. The number of halogens is 1. The molecule has 0 aliphatic carbocycles. The lowest BCUT2D eigenvalue weighted by molar-refractivity contribution is 0.464. The van der Waals surface area contributed by atoms with Gasteiger partial charge in [-0.25, -0.2) is 0 Å². The van der Waals surface area contributed by atoms with Crippen LogP contribution in [-0.4, -0.2) is 10.2 Å². The van der Waals surface area contributed by atoms with Crippen LogP contribution in [0, 0.1) is 6.92 Å². The fourth-order valence-corrected chi connectivity index (χ4v) is 2.76. The molecule has 2 rings (SSSR count). The lowest BCUT2D eigenvalue weighted by Gasteiger charge is -2.15. The summed E-state index contributed by atoms with van der Waals surface area (Å²) in [6.45, 7) is 6.08. The van der Waals surface area contributed by atoms with Gasteiger partial charge < -0.3 is 10.2 Å². The zero-order valence-electron chi connectivity index (χ0n) is 11.2. The Morgan fingerprint density at radius 2 is 1.68 bits per heavy atom. The van der Waals surface area contributed by atoms with Gasteiger partial charge in [-0.15, -0.1) is 0 Å². The molecule has 0 aromatic heterocycles. The van der Waals surface area contributed by atoms with Crippen LogP contribution in [0.2, 0.25) is 0 Å². The summed E-state index contributed by atoms with van der Waals surface area (Å²) < 4.78 is 0.844. The first-order valence-corrected chi connectivity index (χ1v) is 7.02. The molecule has 2 aromatic rings. The van der Waals surface area contributed by atoms with E-state index in [1.807, 2.05) is 19.1 Å². The summed E-state index contributed by atoms with van der Waals surface area (Å²) in [5, 5.41) is 19.5. The van der Waals surface area contributed by atoms with Crippen molar-refractivity contribution in [2.45, 2.75) is 26.7 Å². The van der Waals surface area contributed by atoms with Crippen LogP contribution in [0.15, 0.2) is 34.8 Å². The predicted molar refractivity (Wildman–Crippen MR) is 81.7 cm³/mol. The highest BCUT2D eigenvalue weighted by molar-refractivity contribution is 9.10. The predicted octanol–water partition coefficient (Wildman–Crippen LogP) is 4.96. The second-order valence-electron chi connectivity index (χ2n) is 5.04. The maximum atomic E-state index is 9.99. The number of phenols is 2. The smallest absolute Gasteiger partial charge is 0.119 e. The Balaban J connectivity index is 2.64. The fourth-order valence-electron chi connectivity index (χ4n) is 2.18. The zero-order chi connectivity index (χ0) is 14.2. The molecule has 0 radical (unpaired) electrons. The van der Waals surface area contributed by atoms with E-state index in [9.17, 15) is 10.2 Å². The highest BCUT2D eigenvalue weighted by Crippen LogP contribution is 2.37. The van der Waals surface area contributed by atoms with Crippen LogP contribution in [0.25, 0.3) is 11.1 Å². The molecule has 2 N–H and O–H groups in total. The van der Waals surface area contributed by atoms with Crippen molar-refractivity contribution < 1.29 is 10.2 Å². The van der Waals surface area contributed by atoms with Gasteiger partial charge in [0.25, 0.3) is 0 Å². The van der Waals surface area contributed by atoms with E-state index < -0.39 is 0 Å². The third kappa shape index (κ3) is 2.76. The second-order valence-corrected chi connectivity index (χ2v) is 5.90. The number of hydrogen-bond acceptors (Lipinski definition) is 2. The zero-order valence-corrected chi connectivity index (χ0v) is 12.8. The SMILES string of the molecule is Cc1cc(O)c(C(C)C)cc1-c1ccc(O)cc1Br. The first kappa shape index (κ1) is 13.9. The average Bonchev–Trinajstić information content (AvgIpc) is 2.30. The van der Waals surface area contributed by atoms with Gasteiger partial charge in [0.05, 0.1) is 0 Å². The van der Waals surface area contributed by atoms with Crippen LogP contribution < -0.4 is 0 Å². The summed E-state index contributed by atoms with van der Waals surface area (Å²) in [6, 6.07) is 9.04. The molecule has 0 aliphatic rings. The second kappa shape index (κ2) is 5.25. The Labute approximate surface area is 121 Å². The van der Waals surface area contributed by atoms with E-state index in [4.69, 9.17) is 0 Å². The largest absolute Gasteiger partial charge is 0.508 e. The first-order valence-electron chi connectivity index (χ1n) is 6.22. The van der Waals surface area contributed by atoms with Crippen molar-refractivity contribution in [3.63, 3.8) is 0 Å². The van der Waals surface area contributed by atoms with Gasteiger partial charge in [-0.2, -0.15) is 0 Å². The van der Waals surface area contributed by atoms with Gasteiger partial charge in [0, 0.05) is 4.47 Å². The van der Waals surface area contributed by atoms with Crippen molar-refractivity contribution in [1.29, 1.82) is 0 Å². The molecule has 2 aromatic carbocycles. The van der Waals surface area contributed by atoms with E-state index in [1.54, 1.807) is 18.2 Å². The molecule has 19 heavy (non-hydrogen) atoms. The monoisotopic (exact) mass is 320 g/mol. The minimum atomic E-state index is 0.233. The number of benzene rings is 2. The molecule has 0 bridgehead atoms. The molecule has 0 saturated carbocycles. The lowest BCUT2D eigenvalue weighted by Crippen LogP contribution is -1.93. The molecule has 0 aliphatic heterocycles. The summed E-state index contributed by atoms with van der Waals surface area (Å²) in [5.41, 5.74) is 4.01. The average molecular weight is 321 g/mol. The molecule has 3 heteroatoms. The first-order chi connectivity index (χ1) is 8.90. The van der Waals surface area contributed by atoms with Crippen molar-refractivity contribution in [1.82, 2.24) is 0 Å².